The number of rotatable bonds is 7. The first-order valence-electron chi connectivity index (χ1n) is 10.2. The average molecular weight is 493 g/mol. The van der Waals surface area contributed by atoms with Crippen LogP contribution >= 0.6 is 15.9 Å². The van der Waals surface area contributed by atoms with Gasteiger partial charge in [-0.25, -0.2) is 4.39 Å². The number of hydrogen-bond acceptors (Lipinski definition) is 5. The van der Waals surface area contributed by atoms with Crippen LogP contribution in [0.1, 0.15) is 41.0 Å². The van der Waals surface area contributed by atoms with E-state index >= 15 is 0 Å². The summed E-state index contributed by atoms with van der Waals surface area (Å²) in [6, 6.07) is 7.94. The number of piperazine rings is 1. The van der Waals surface area contributed by atoms with Gasteiger partial charge in [0, 0.05) is 37.3 Å². The molecule has 0 radical (unpaired) electrons. The maximum Gasteiger partial charge on any atom is 0.254 e. The highest BCUT2D eigenvalue weighted by molar-refractivity contribution is 9.10. The van der Waals surface area contributed by atoms with E-state index in [2.05, 4.69) is 15.9 Å². The molecule has 2 aromatic rings. The normalized spacial score (nSPS) is 13.8. The summed E-state index contributed by atoms with van der Waals surface area (Å²) < 4.78 is 26.3. The molecule has 2 aromatic carbocycles. The van der Waals surface area contributed by atoms with Crippen molar-refractivity contribution < 1.29 is 23.5 Å². The Morgan fingerprint density at radius 3 is 2.39 bits per heavy atom. The van der Waals surface area contributed by atoms with Crippen LogP contribution in [0.5, 0.6) is 11.5 Å². The zero-order chi connectivity index (χ0) is 22.5. The lowest BCUT2D eigenvalue weighted by molar-refractivity contribution is 0.0746. The van der Waals surface area contributed by atoms with Gasteiger partial charge in [0.15, 0.2) is 17.3 Å². The van der Waals surface area contributed by atoms with Gasteiger partial charge in [0.2, 0.25) is 0 Å². The number of anilines is 1. The number of carbonyl (C=O) groups is 2. The monoisotopic (exact) mass is 492 g/mol. The number of hydrogen-bond donors (Lipinski definition) is 0. The molecule has 1 amide bonds. The van der Waals surface area contributed by atoms with Crippen LogP contribution in [0.25, 0.3) is 0 Å². The summed E-state index contributed by atoms with van der Waals surface area (Å²) in [6.07, 6.45) is 0.860. The van der Waals surface area contributed by atoms with Crippen LogP contribution in [0.4, 0.5) is 10.1 Å². The minimum atomic E-state index is -0.427. The summed E-state index contributed by atoms with van der Waals surface area (Å²) in [5.74, 6) is 0.359. The number of ketones is 1. The molecule has 0 saturated carbocycles. The molecule has 0 N–H and O–H groups in total. The number of benzene rings is 2. The molecule has 6 nitrogen and oxygen atoms in total. The van der Waals surface area contributed by atoms with Gasteiger partial charge in [-0.2, -0.15) is 0 Å². The summed E-state index contributed by atoms with van der Waals surface area (Å²) in [5, 5.41) is 0. The molecule has 0 bridgehead atoms. The van der Waals surface area contributed by atoms with E-state index in [4.69, 9.17) is 9.47 Å². The third kappa shape index (κ3) is 5.18. The van der Waals surface area contributed by atoms with Gasteiger partial charge in [0.1, 0.15) is 5.82 Å². The highest BCUT2D eigenvalue weighted by Gasteiger charge is 2.25. The molecule has 166 valence electrons. The third-order valence-corrected chi connectivity index (χ3v) is 5.78. The lowest BCUT2D eigenvalue weighted by Crippen LogP contribution is -2.49. The first-order valence-corrected chi connectivity index (χ1v) is 11.0. The third-order valence-electron chi connectivity index (χ3n) is 5.19. The van der Waals surface area contributed by atoms with E-state index in [1.54, 1.807) is 36.3 Å². The van der Waals surface area contributed by atoms with Gasteiger partial charge in [-0.1, -0.05) is 6.92 Å². The largest absolute Gasteiger partial charge is 0.493 e. The summed E-state index contributed by atoms with van der Waals surface area (Å²) in [5.41, 5.74) is 1.29. The molecular formula is C23H26BrFN2O4. The van der Waals surface area contributed by atoms with E-state index in [0.717, 1.165) is 6.42 Å². The van der Waals surface area contributed by atoms with Crippen molar-refractivity contribution in [2.75, 3.05) is 44.8 Å². The smallest absolute Gasteiger partial charge is 0.254 e. The van der Waals surface area contributed by atoms with E-state index < -0.39 is 5.82 Å². The zero-order valence-electron chi connectivity index (χ0n) is 17.9. The van der Waals surface area contributed by atoms with Gasteiger partial charge in [0.05, 0.1) is 23.9 Å². The Hall–Kier alpha value is -2.61. The van der Waals surface area contributed by atoms with Crippen LogP contribution in [-0.4, -0.2) is 56.5 Å². The first-order chi connectivity index (χ1) is 14.8. The summed E-state index contributed by atoms with van der Waals surface area (Å²) >= 11 is 3.48. The van der Waals surface area contributed by atoms with Gasteiger partial charge in [0.25, 0.3) is 5.91 Å². The van der Waals surface area contributed by atoms with E-state index in [-0.39, 0.29) is 11.7 Å². The van der Waals surface area contributed by atoms with Gasteiger partial charge in [-0.3, -0.25) is 9.59 Å². The summed E-state index contributed by atoms with van der Waals surface area (Å²) in [7, 11) is 1.54. The predicted octanol–water partition coefficient (Wildman–Crippen LogP) is 4.55. The Bertz CT molecular complexity index is 974. The SMILES string of the molecule is CCCOc1c(Br)cc(C(=O)N2CCN(c3ccc(C(C)=O)cc3F)CC2)cc1OC. The van der Waals surface area contributed by atoms with E-state index in [1.165, 1.54) is 13.0 Å². The van der Waals surface area contributed by atoms with Crippen molar-refractivity contribution >= 4 is 33.3 Å². The number of nitrogens with zero attached hydrogens (tertiary/aromatic N) is 2. The van der Waals surface area contributed by atoms with Crippen molar-refractivity contribution in [3.05, 3.63) is 51.7 Å². The molecule has 0 unspecified atom stereocenters. The molecule has 1 aliphatic rings. The number of ether oxygens (including phenoxy) is 2. The van der Waals surface area contributed by atoms with Crippen molar-refractivity contribution in [2.45, 2.75) is 20.3 Å². The Morgan fingerprint density at radius 2 is 1.81 bits per heavy atom. The van der Waals surface area contributed by atoms with Gasteiger partial charge >= 0.3 is 0 Å². The van der Waals surface area contributed by atoms with Crippen LogP contribution < -0.4 is 14.4 Å². The molecule has 1 aliphatic heterocycles. The minimum Gasteiger partial charge on any atom is -0.493 e. The second-order valence-corrected chi connectivity index (χ2v) is 8.19. The van der Waals surface area contributed by atoms with Crippen LogP contribution in [0.2, 0.25) is 0 Å². The number of carbonyl (C=O) groups excluding carboxylic acids is 2. The van der Waals surface area contributed by atoms with Crippen molar-refractivity contribution in [3.8, 4) is 11.5 Å². The van der Waals surface area contributed by atoms with E-state index in [9.17, 15) is 14.0 Å². The van der Waals surface area contributed by atoms with Crippen molar-refractivity contribution in [1.82, 2.24) is 4.90 Å². The fourth-order valence-electron chi connectivity index (χ4n) is 3.50. The lowest BCUT2D eigenvalue weighted by atomic mass is 10.1. The van der Waals surface area contributed by atoms with Gasteiger partial charge in [-0.05, 0) is 59.6 Å². The lowest BCUT2D eigenvalue weighted by Gasteiger charge is -2.36. The van der Waals surface area contributed by atoms with E-state index in [0.29, 0.717) is 65.6 Å². The van der Waals surface area contributed by atoms with Crippen LogP contribution in [0, 0.1) is 5.82 Å². The molecule has 0 spiro atoms. The van der Waals surface area contributed by atoms with Crippen LogP contribution in [0.3, 0.4) is 0 Å². The quantitative estimate of drug-likeness (QED) is 0.530. The second-order valence-electron chi connectivity index (χ2n) is 7.34. The fourth-order valence-corrected chi connectivity index (χ4v) is 4.06. The second kappa shape index (κ2) is 10.1. The molecule has 31 heavy (non-hydrogen) atoms. The highest BCUT2D eigenvalue weighted by Crippen LogP contribution is 2.37. The molecule has 1 fully saturated rings. The predicted molar refractivity (Wildman–Crippen MR) is 121 cm³/mol. The number of halogens is 2. The maximum atomic E-state index is 14.5. The van der Waals surface area contributed by atoms with Gasteiger partial charge < -0.3 is 19.3 Å². The molecular weight excluding hydrogens is 467 g/mol. The molecule has 1 heterocycles. The summed E-state index contributed by atoms with van der Waals surface area (Å²) in [6.45, 7) is 5.89. The highest BCUT2D eigenvalue weighted by atomic mass is 79.9. The maximum absolute atomic E-state index is 14.5. The molecule has 0 aliphatic carbocycles. The molecule has 8 heteroatoms. The number of amides is 1. The average Bonchev–Trinajstić information content (AvgIpc) is 2.77. The van der Waals surface area contributed by atoms with Crippen molar-refractivity contribution in [2.24, 2.45) is 0 Å². The Labute approximate surface area is 190 Å². The van der Waals surface area contributed by atoms with Crippen LogP contribution in [-0.2, 0) is 0 Å². The van der Waals surface area contributed by atoms with E-state index in [1.807, 2.05) is 11.8 Å². The van der Waals surface area contributed by atoms with Gasteiger partial charge in [-0.15, -0.1) is 0 Å². The van der Waals surface area contributed by atoms with Crippen molar-refractivity contribution in [3.63, 3.8) is 0 Å². The molecule has 0 aromatic heterocycles. The molecule has 3 rings (SSSR count). The standard InChI is InChI=1S/C23H26BrFN2O4/c1-4-11-31-22-18(24)12-17(14-21(22)30-3)23(29)27-9-7-26(8-10-27)20-6-5-16(15(2)28)13-19(20)25/h5-6,12-14H,4,7-11H2,1-3H3. The minimum absolute atomic E-state index is 0.118. The number of Topliss-reactive ketones (excluding diaryl/α,β-unsaturated/α-hetero) is 1. The molecule has 0 atom stereocenters. The van der Waals surface area contributed by atoms with Crippen molar-refractivity contribution in [1.29, 1.82) is 0 Å². The zero-order valence-corrected chi connectivity index (χ0v) is 19.5. The Morgan fingerprint density at radius 1 is 1.10 bits per heavy atom. The Kier molecular flexibility index (Phi) is 7.54. The van der Waals surface area contributed by atoms with Crippen LogP contribution in [0.15, 0.2) is 34.8 Å². The first kappa shape index (κ1) is 23.1. The molecule has 1 saturated heterocycles. The summed E-state index contributed by atoms with van der Waals surface area (Å²) in [4.78, 5) is 28.1. The Balaban J connectivity index is 1.70. The number of methoxy groups -OCH3 is 1. The fraction of sp³-hybridized carbons (Fsp3) is 0.391. The topological polar surface area (TPSA) is 59.1 Å².